The van der Waals surface area contributed by atoms with Gasteiger partial charge in [0.05, 0.1) is 5.69 Å². The third-order valence-corrected chi connectivity index (χ3v) is 1.33. The first-order chi connectivity index (χ1) is 3.43. The average molecular weight is 112 g/mol. The van der Waals surface area contributed by atoms with Crippen molar-refractivity contribution in [1.82, 2.24) is 4.37 Å². The van der Waals surface area contributed by atoms with Gasteiger partial charge < -0.3 is 0 Å². The Morgan fingerprint density at radius 1 is 2.00 bits per heavy atom. The molecule has 2 heteroatoms. The Kier molecular flexibility index (Phi) is 1.42. The summed E-state index contributed by atoms with van der Waals surface area (Å²) in [6.07, 6.45) is 1.00. The van der Waals surface area contributed by atoms with Crippen LogP contribution in [0.15, 0.2) is 5.38 Å². The highest BCUT2D eigenvalue weighted by atomic mass is 32.1. The van der Waals surface area contributed by atoms with Gasteiger partial charge in [-0.1, -0.05) is 6.92 Å². The van der Waals surface area contributed by atoms with Crippen molar-refractivity contribution in [3.8, 4) is 0 Å². The van der Waals surface area contributed by atoms with Crippen LogP contribution in [-0.2, 0) is 6.42 Å². The first-order valence-corrected chi connectivity index (χ1v) is 3.08. The van der Waals surface area contributed by atoms with Crippen molar-refractivity contribution in [3.63, 3.8) is 0 Å². The average Bonchev–Trinajstić information content (AvgIpc) is 2.14. The lowest BCUT2D eigenvalue weighted by Crippen LogP contribution is -1.73. The Hall–Kier alpha value is -0.370. The Morgan fingerprint density at radius 3 is 3.14 bits per heavy atom. The Morgan fingerprint density at radius 2 is 2.86 bits per heavy atom. The van der Waals surface area contributed by atoms with Crippen molar-refractivity contribution in [3.05, 3.63) is 17.1 Å². The van der Waals surface area contributed by atoms with Crippen LogP contribution in [0.1, 0.15) is 12.6 Å². The van der Waals surface area contributed by atoms with E-state index in [-0.39, 0.29) is 0 Å². The fourth-order valence-electron chi connectivity index (χ4n) is 0.377. The van der Waals surface area contributed by atoms with Crippen LogP contribution in [0.2, 0.25) is 0 Å². The van der Waals surface area contributed by atoms with Gasteiger partial charge in [0.1, 0.15) is 0 Å². The summed E-state index contributed by atoms with van der Waals surface area (Å²) in [4.78, 5) is 0. The number of rotatable bonds is 1. The molecule has 0 aliphatic rings. The predicted molar refractivity (Wildman–Crippen MR) is 30.3 cm³/mol. The van der Waals surface area contributed by atoms with Crippen molar-refractivity contribution >= 4 is 11.5 Å². The lowest BCUT2D eigenvalue weighted by atomic mass is 10.4. The zero-order chi connectivity index (χ0) is 5.11. The summed E-state index contributed by atoms with van der Waals surface area (Å²) in [5, 5.41) is 1.87. The van der Waals surface area contributed by atoms with Gasteiger partial charge in [-0.15, -0.1) is 0 Å². The SMILES string of the molecule is CCc1[c]csn1. The van der Waals surface area contributed by atoms with Gasteiger partial charge in [-0.3, -0.25) is 0 Å². The van der Waals surface area contributed by atoms with Crippen molar-refractivity contribution in [2.75, 3.05) is 0 Å². The predicted octanol–water partition coefficient (Wildman–Crippen LogP) is 1.51. The van der Waals surface area contributed by atoms with Crippen molar-refractivity contribution in [2.24, 2.45) is 0 Å². The Balaban J connectivity index is 2.76. The molecule has 1 radical (unpaired) electrons. The van der Waals surface area contributed by atoms with Gasteiger partial charge in [0, 0.05) is 11.4 Å². The molecule has 0 bridgehead atoms. The van der Waals surface area contributed by atoms with Crippen molar-refractivity contribution in [2.45, 2.75) is 13.3 Å². The molecule has 0 spiro atoms. The molecule has 1 aromatic heterocycles. The van der Waals surface area contributed by atoms with Gasteiger partial charge in [0.25, 0.3) is 0 Å². The van der Waals surface area contributed by atoms with Crippen LogP contribution in [0.3, 0.4) is 0 Å². The first kappa shape index (κ1) is 4.78. The largest absolute Gasteiger partial charge is 0.197 e. The molecule has 0 N–H and O–H groups in total. The van der Waals surface area contributed by atoms with Gasteiger partial charge in [-0.25, -0.2) is 0 Å². The molecule has 0 unspecified atom stereocenters. The van der Waals surface area contributed by atoms with E-state index in [4.69, 9.17) is 0 Å². The summed E-state index contributed by atoms with van der Waals surface area (Å²) in [6, 6.07) is 2.99. The first-order valence-electron chi connectivity index (χ1n) is 2.24. The van der Waals surface area contributed by atoms with Crippen LogP contribution in [0.5, 0.6) is 0 Å². The van der Waals surface area contributed by atoms with E-state index in [1.165, 1.54) is 11.5 Å². The van der Waals surface area contributed by atoms with Crippen molar-refractivity contribution in [1.29, 1.82) is 0 Å². The molecule has 0 saturated heterocycles. The quantitative estimate of drug-likeness (QED) is 0.536. The maximum atomic E-state index is 4.02. The molecular weight excluding hydrogens is 106 g/mol. The van der Waals surface area contributed by atoms with Crippen molar-refractivity contribution < 1.29 is 0 Å². The zero-order valence-electron chi connectivity index (χ0n) is 4.14. The van der Waals surface area contributed by atoms with E-state index in [0.717, 1.165) is 12.1 Å². The van der Waals surface area contributed by atoms with Gasteiger partial charge in [0.15, 0.2) is 0 Å². The van der Waals surface area contributed by atoms with Crippen LogP contribution < -0.4 is 0 Å². The minimum Gasteiger partial charge on any atom is -0.197 e. The van der Waals surface area contributed by atoms with Crippen LogP contribution in [0.4, 0.5) is 0 Å². The van der Waals surface area contributed by atoms with Crippen LogP contribution >= 0.6 is 11.5 Å². The monoisotopic (exact) mass is 112 g/mol. The van der Waals surface area contributed by atoms with E-state index in [0.29, 0.717) is 0 Å². The third-order valence-electron chi connectivity index (χ3n) is 0.776. The number of hydrogen-bond donors (Lipinski definition) is 0. The number of nitrogens with zero attached hydrogens (tertiary/aromatic N) is 1. The molecule has 0 aliphatic heterocycles. The standard InChI is InChI=1S/C5H6NS/c1-2-5-3-4-7-6-5/h4H,2H2,1H3. The minimum absolute atomic E-state index is 1.00. The fourth-order valence-corrected chi connectivity index (χ4v) is 0.928. The van der Waals surface area contributed by atoms with Gasteiger partial charge in [-0.2, -0.15) is 4.37 Å². The lowest BCUT2D eigenvalue weighted by Gasteiger charge is -1.76. The van der Waals surface area contributed by atoms with Crippen LogP contribution in [0, 0.1) is 6.07 Å². The topological polar surface area (TPSA) is 12.9 Å². The number of aromatic nitrogens is 1. The maximum Gasteiger partial charge on any atom is 0.0618 e. The van der Waals surface area contributed by atoms with Crippen LogP contribution in [-0.4, -0.2) is 4.37 Å². The summed E-state index contributed by atoms with van der Waals surface area (Å²) in [7, 11) is 0. The van der Waals surface area contributed by atoms with E-state index in [1.807, 2.05) is 5.38 Å². The number of hydrogen-bond acceptors (Lipinski definition) is 2. The normalized spacial score (nSPS) is 9.29. The van der Waals surface area contributed by atoms with E-state index in [9.17, 15) is 0 Å². The van der Waals surface area contributed by atoms with E-state index in [2.05, 4.69) is 17.4 Å². The molecule has 1 nitrogen and oxygen atoms in total. The maximum absolute atomic E-state index is 4.02. The second kappa shape index (κ2) is 2.07. The van der Waals surface area contributed by atoms with E-state index >= 15 is 0 Å². The highest BCUT2D eigenvalue weighted by Gasteiger charge is 1.85. The molecule has 0 fully saturated rings. The van der Waals surface area contributed by atoms with Gasteiger partial charge in [-0.05, 0) is 18.0 Å². The zero-order valence-corrected chi connectivity index (χ0v) is 4.96. The molecular formula is C5H6NS. The summed E-state index contributed by atoms with van der Waals surface area (Å²) in [5.41, 5.74) is 1.07. The molecule has 37 valence electrons. The second-order valence-corrected chi connectivity index (χ2v) is 1.89. The molecule has 0 saturated carbocycles. The molecule has 7 heavy (non-hydrogen) atoms. The Bertz CT molecular complexity index is 123. The molecule has 1 rings (SSSR count). The van der Waals surface area contributed by atoms with Gasteiger partial charge >= 0.3 is 0 Å². The van der Waals surface area contributed by atoms with E-state index < -0.39 is 0 Å². The molecule has 1 aromatic rings. The van der Waals surface area contributed by atoms with Crippen LogP contribution in [0.25, 0.3) is 0 Å². The highest BCUT2D eigenvalue weighted by molar-refractivity contribution is 7.03. The number of aryl methyl sites for hydroxylation is 1. The molecule has 0 aliphatic carbocycles. The molecule has 0 amide bonds. The second-order valence-electron chi connectivity index (χ2n) is 1.26. The highest BCUT2D eigenvalue weighted by Crippen LogP contribution is 1.97. The third kappa shape index (κ3) is 0.996. The molecule has 1 heterocycles. The van der Waals surface area contributed by atoms with Gasteiger partial charge in [0.2, 0.25) is 0 Å². The smallest absolute Gasteiger partial charge is 0.0618 e. The summed E-state index contributed by atoms with van der Waals surface area (Å²) in [5.74, 6) is 0. The fraction of sp³-hybridized carbons (Fsp3) is 0.400. The minimum atomic E-state index is 1.00. The summed E-state index contributed by atoms with van der Waals surface area (Å²) >= 11 is 1.46. The summed E-state index contributed by atoms with van der Waals surface area (Å²) < 4.78 is 4.02. The Labute approximate surface area is 47.2 Å². The van der Waals surface area contributed by atoms with E-state index in [1.54, 1.807) is 0 Å². The molecule has 0 aromatic carbocycles. The summed E-state index contributed by atoms with van der Waals surface area (Å²) in [6.45, 7) is 2.07. The lowest BCUT2D eigenvalue weighted by molar-refractivity contribution is 1.08. The molecule has 0 atom stereocenters.